The molecule has 3 unspecified atom stereocenters. The maximum absolute atomic E-state index is 13.4. The number of benzene rings is 1. The smallest absolute Gasteiger partial charge is 0.137 e. The summed E-state index contributed by atoms with van der Waals surface area (Å²) in [4.78, 5) is 0. The highest BCUT2D eigenvalue weighted by Gasteiger charge is 2.33. The average molecular weight is 290 g/mol. The van der Waals surface area contributed by atoms with Crippen molar-refractivity contribution in [2.45, 2.75) is 52.1 Å². The van der Waals surface area contributed by atoms with Gasteiger partial charge < -0.3 is 9.52 Å². The van der Waals surface area contributed by atoms with Crippen LogP contribution in [-0.4, -0.2) is 5.11 Å². The van der Waals surface area contributed by atoms with Gasteiger partial charge in [-0.05, 0) is 43.4 Å². The Kier molecular flexibility index (Phi) is 4.03. The summed E-state index contributed by atoms with van der Waals surface area (Å²) < 4.78 is 19.2. The lowest BCUT2D eigenvalue weighted by Crippen LogP contribution is -2.25. The monoisotopic (exact) mass is 290 g/mol. The van der Waals surface area contributed by atoms with Gasteiger partial charge in [-0.15, -0.1) is 0 Å². The molecule has 3 heteroatoms. The van der Waals surface area contributed by atoms with E-state index in [1.54, 1.807) is 6.07 Å². The summed E-state index contributed by atoms with van der Waals surface area (Å²) in [6, 6.07) is 4.53. The van der Waals surface area contributed by atoms with Crippen LogP contribution in [0.1, 0.15) is 56.5 Å². The second kappa shape index (κ2) is 5.80. The van der Waals surface area contributed by atoms with Crippen LogP contribution in [0.3, 0.4) is 0 Å². The molecule has 1 aliphatic carbocycles. The quantitative estimate of drug-likeness (QED) is 0.850. The molecule has 2 aromatic rings. The molecule has 1 aliphatic rings. The van der Waals surface area contributed by atoms with Gasteiger partial charge in [0.25, 0.3) is 0 Å². The third-order valence-electron chi connectivity index (χ3n) is 5.10. The van der Waals surface area contributed by atoms with E-state index in [1.807, 2.05) is 6.92 Å². The zero-order valence-corrected chi connectivity index (χ0v) is 12.7. The molecular formula is C18H23FO2. The first kappa shape index (κ1) is 14.6. The topological polar surface area (TPSA) is 33.4 Å². The van der Waals surface area contributed by atoms with E-state index in [2.05, 4.69) is 6.92 Å². The molecule has 0 amide bonds. The Balaban J connectivity index is 1.97. The molecule has 1 saturated carbocycles. The Hall–Kier alpha value is -1.35. The Morgan fingerprint density at radius 2 is 2.10 bits per heavy atom. The van der Waals surface area contributed by atoms with Crippen LogP contribution in [-0.2, 0) is 0 Å². The highest BCUT2D eigenvalue weighted by Crippen LogP contribution is 2.42. The van der Waals surface area contributed by atoms with Crippen molar-refractivity contribution in [1.29, 1.82) is 0 Å². The minimum Gasteiger partial charge on any atom is -0.458 e. The van der Waals surface area contributed by atoms with E-state index >= 15 is 0 Å². The van der Waals surface area contributed by atoms with Gasteiger partial charge in [-0.1, -0.05) is 32.6 Å². The van der Waals surface area contributed by atoms with Crippen LogP contribution in [0.5, 0.6) is 0 Å². The van der Waals surface area contributed by atoms with Crippen LogP contribution in [0.4, 0.5) is 4.39 Å². The lowest BCUT2D eigenvalue weighted by atomic mass is 9.74. The zero-order chi connectivity index (χ0) is 15.0. The van der Waals surface area contributed by atoms with Crippen LogP contribution >= 0.6 is 0 Å². The van der Waals surface area contributed by atoms with Crippen molar-refractivity contribution in [1.82, 2.24) is 0 Å². The van der Waals surface area contributed by atoms with E-state index in [0.29, 0.717) is 17.3 Å². The second-order valence-corrected chi connectivity index (χ2v) is 6.29. The van der Waals surface area contributed by atoms with E-state index in [1.165, 1.54) is 31.4 Å². The molecule has 0 radical (unpaired) electrons. The van der Waals surface area contributed by atoms with Gasteiger partial charge in [-0.2, -0.15) is 0 Å². The first-order valence-corrected chi connectivity index (χ1v) is 7.98. The van der Waals surface area contributed by atoms with Gasteiger partial charge in [0.1, 0.15) is 23.3 Å². The Morgan fingerprint density at radius 1 is 1.33 bits per heavy atom. The van der Waals surface area contributed by atoms with E-state index < -0.39 is 6.10 Å². The van der Waals surface area contributed by atoms with Gasteiger partial charge in [0.15, 0.2) is 0 Å². The van der Waals surface area contributed by atoms with Crippen molar-refractivity contribution in [3.05, 3.63) is 35.3 Å². The molecule has 3 rings (SSSR count). The van der Waals surface area contributed by atoms with Crippen LogP contribution in [0.2, 0.25) is 0 Å². The maximum Gasteiger partial charge on any atom is 0.137 e. The van der Waals surface area contributed by atoms with Crippen molar-refractivity contribution in [2.24, 2.45) is 11.8 Å². The number of rotatable bonds is 3. The molecule has 0 bridgehead atoms. The van der Waals surface area contributed by atoms with E-state index in [9.17, 15) is 9.50 Å². The lowest BCUT2D eigenvalue weighted by Gasteiger charge is -2.33. The molecule has 1 heterocycles. The summed E-state index contributed by atoms with van der Waals surface area (Å²) >= 11 is 0. The number of hydrogen-bond donors (Lipinski definition) is 1. The SMILES string of the molecule is CCC1CCCCC1C(O)c1oc2ccc(F)cc2c1C. The highest BCUT2D eigenvalue weighted by molar-refractivity contribution is 5.82. The maximum atomic E-state index is 13.4. The van der Waals surface area contributed by atoms with Crippen molar-refractivity contribution in [2.75, 3.05) is 0 Å². The Morgan fingerprint density at radius 3 is 2.86 bits per heavy atom. The molecule has 114 valence electrons. The van der Waals surface area contributed by atoms with E-state index in [-0.39, 0.29) is 11.7 Å². The normalized spacial score (nSPS) is 24.4. The van der Waals surface area contributed by atoms with E-state index in [4.69, 9.17) is 4.42 Å². The fourth-order valence-corrected chi connectivity index (χ4v) is 3.85. The van der Waals surface area contributed by atoms with Crippen LogP contribution in [0.15, 0.2) is 22.6 Å². The minimum atomic E-state index is -0.578. The molecule has 1 fully saturated rings. The summed E-state index contributed by atoms with van der Waals surface area (Å²) in [6.07, 6.45) is 5.18. The number of aliphatic hydroxyl groups is 1. The summed E-state index contributed by atoms with van der Waals surface area (Å²) in [6.45, 7) is 4.10. The highest BCUT2D eigenvalue weighted by atomic mass is 19.1. The standard InChI is InChI=1S/C18H23FO2/c1-3-12-6-4-5-7-14(12)17(20)18-11(2)15-10-13(19)8-9-16(15)21-18/h8-10,12,14,17,20H,3-7H2,1-2H3. The Labute approximate surface area is 125 Å². The van der Waals surface area contributed by atoms with Crippen molar-refractivity contribution >= 4 is 11.0 Å². The zero-order valence-electron chi connectivity index (χ0n) is 12.7. The van der Waals surface area contributed by atoms with Crippen LogP contribution in [0, 0.1) is 24.6 Å². The molecule has 2 nitrogen and oxygen atoms in total. The lowest BCUT2D eigenvalue weighted by molar-refractivity contribution is 0.0304. The third kappa shape index (κ3) is 2.59. The van der Waals surface area contributed by atoms with Gasteiger partial charge in [-0.3, -0.25) is 0 Å². The third-order valence-corrected chi connectivity index (χ3v) is 5.10. The molecule has 1 aromatic carbocycles. The van der Waals surface area contributed by atoms with Gasteiger partial charge in [0, 0.05) is 10.9 Å². The van der Waals surface area contributed by atoms with Crippen LogP contribution < -0.4 is 0 Å². The van der Waals surface area contributed by atoms with Crippen molar-refractivity contribution in [3.63, 3.8) is 0 Å². The minimum absolute atomic E-state index is 0.257. The predicted octanol–water partition coefficient (Wildman–Crippen LogP) is 5.13. The molecule has 3 atom stereocenters. The average Bonchev–Trinajstić information content (AvgIpc) is 2.83. The molecular weight excluding hydrogens is 267 g/mol. The largest absolute Gasteiger partial charge is 0.458 e. The number of aryl methyl sites for hydroxylation is 1. The Bertz CT molecular complexity index is 631. The number of furan rings is 1. The molecule has 0 aliphatic heterocycles. The van der Waals surface area contributed by atoms with Crippen molar-refractivity contribution in [3.8, 4) is 0 Å². The van der Waals surface area contributed by atoms with Gasteiger partial charge in [0.2, 0.25) is 0 Å². The molecule has 0 saturated heterocycles. The number of hydrogen-bond acceptors (Lipinski definition) is 2. The van der Waals surface area contributed by atoms with Gasteiger partial charge in [-0.25, -0.2) is 4.39 Å². The van der Waals surface area contributed by atoms with Crippen molar-refractivity contribution < 1.29 is 13.9 Å². The number of fused-ring (bicyclic) bond motifs is 1. The summed E-state index contributed by atoms with van der Waals surface area (Å²) in [5, 5.41) is 11.6. The van der Waals surface area contributed by atoms with Gasteiger partial charge in [0.05, 0.1) is 0 Å². The number of aliphatic hydroxyl groups excluding tert-OH is 1. The predicted molar refractivity (Wildman–Crippen MR) is 81.6 cm³/mol. The first-order valence-electron chi connectivity index (χ1n) is 7.98. The van der Waals surface area contributed by atoms with Crippen LogP contribution in [0.25, 0.3) is 11.0 Å². The molecule has 1 aromatic heterocycles. The number of halogens is 1. The van der Waals surface area contributed by atoms with Gasteiger partial charge >= 0.3 is 0 Å². The summed E-state index contributed by atoms with van der Waals surface area (Å²) in [5.74, 6) is 1.17. The second-order valence-electron chi connectivity index (χ2n) is 6.29. The molecule has 21 heavy (non-hydrogen) atoms. The van der Waals surface area contributed by atoms with E-state index in [0.717, 1.165) is 23.8 Å². The fraction of sp³-hybridized carbons (Fsp3) is 0.556. The summed E-state index contributed by atoms with van der Waals surface area (Å²) in [7, 11) is 0. The first-order chi connectivity index (χ1) is 10.1. The molecule has 0 spiro atoms. The molecule has 1 N–H and O–H groups in total. The summed E-state index contributed by atoms with van der Waals surface area (Å²) in [5.41, 5.74) is 1.53. The fourth-order valence-electron chi connectivity index (χ4n) is 3.85.